The van der Waals surface area contributed by atoms with Crippen molar-refractivity contribution in [3.63, 3.8) is 0 Å². The summed E-state index contributed by atoms with van der Waals surface area (Å²) in [5.74, 6) is -1.44. The molecule has 9 rings (SSSR count). The van der Waals surface area contributed by atoms with E-state index < -0.39 is 0 Å². The number of amides is 4. The highest BCUT2D eigenvalue weighted by Crippen LogP contribution is 2.47. The number of benzene rings is 7. The van der Waals surface area contributed by atoms with Crippen molar-refractivity contribution in [2.75, 3.05) is 9.80 Å². The van der Waals surface area contributed by atoms with Crippen LogP contribution >= 0.6 is 0 Å². The number of imide groups is 2. The van der Waals surface area contributed by atoms with Crippen LogP contribution in [0.3, 0.4) is 0 Å². The van der Waals surface area contributed by atoms with Crippen molar-refractivity contribution in [1.82, 2.24) is 0 Å². The molecule has 4 amide bonds. The van der Waals surface area contributed by atoms with Crippen LogP contribution in [0.5, 0.6) is 0 Å². The van der Waals surface area contributed by atoms with Crippen molar-refractivity contribution in [2.24, 2.45) is 0 Å². The van der Waals surface area contributed by atoms with E-state index in [-0.39, 0.29) is 23.6 Å². The Morgan fingerprint density at radius 2 is 0.667 bits per heavy atom. The molecule has 48 heavy (non-hydrogen) atoms. The minimum absolute atomic E-state index is 0.361. The van der Waals surface area contributed by atoms with Crippen LogP contribution in [0.25, 0.3) is 43.1 Å². The first-order valence-corrected chi connectivity index (χ1v) is 16.4. The van der Waals surface area contributed by atoms with Gasteiger partial charge in [0.2, 0.25) is 0 Å². The van der Waals surface area contributed by atoms with Crippen molar-refractivity contribution < 1.29 is 19.2 Å². The number of rotatable bonds is 2. The van der Waals surface area contributed by atoms with Crippen LogP contribution < -0.4 is 9.80 Å². The zero-order chi connectivity index (χ0) is 34.0. The molecule has 0 spiro atoms. The highest BCUT2D eigenvalue weighted by Gasteiger charge is 2.38. The van der Waals surface area contributed by atoms with Crippen LogP contribution in [-0.2, 0) is 0 Å². The lowest BCUT2D eigenvalue weighted by Gasteiger charge is -2.30. The summed E-state index contributed by atoms with van der Waals surface area (Å²) in [6.45, 7) is 11.9. The third kappa shape index (κ3) is 4.12. The summed E-state index contributed by atoms with van der Waals surface area (Å²) < 4.78 is 0. The first kappa shape index (κ1) is 30.8. The van der Waals surface area contributed by atoms with Gasteiger partial charge in [0.1, 0.15) is 0 Å². The van der Waals surface area contributed by atoms with E-state index in [0.29, 0.717) is 44.4 Å². The molecule has 7 aromatic rings. The van der Waals surface area contributed by atoms with E-state index >= 15 is 0 Å². The topological polar surface area (TPSA) is 74.8 Å². The van der Waals surface area contributed by atoms with Crippen LogP contribution in [0.4, 0.5) is 11.4 Å². The van der Waals surface area contributed by atoms with Gasteiger partial charge in [-0.05, 0) is 106 Å². The maximum Gasteiger partial charge on any atom is 0.265 e. The molecule has 0 saturated heterocycles. The lowest BCUT2D eigenvalue weighted by atomic mass is 9.82. The van der Waals surface area contributed by atoms with Gasteiger partial charge in [-0.15, -0.1) is 0 Å². The van der Waals surface area contributed by atoms with E-state index in [1.807, 2.05) is 102 Å². The molecule has 7 aromatic carbocycles. The monoisotopic (exact) mass is 630 g/mol. The molecule has 0 bridgehead atoms. The molecule has 0 aliphatic carbocycles. The van der Waals surface area contributed by atoms with Gasteiger partial charge in [0.05, 0.1) is 11.4 Å². The van der Waals surface area contributed by atoms with Gasteiger partial charge in [-0.2, -0.15) is 0 Å². The highest BCUT2D eigenvalue weighted by molar-refractivity contribution is 6.45. The fourth-order valence-electron chi connectivity index (χ4n) is 7.27. The maximum absolute atomic E-state index is 13.9. The molecular formula is C42H34N2O4. The van der Waals surface area contributed by atoms with E-state index in [1.54, 1.807) is 36.4 Å². The Labute approximate surface area is 278 Å². The van der Waals surface area contributed by atoms with Gasteiger partial charge in [0, 0.05) is 33.0 Å². The molecule has 0 unspecified atom stereocenters. The largest absolute Gasteiger partial charge is 0.268 e. The summed E-state index contributed by atoms with van der Waals surface area (Å²) >= 11 is 0. The van der Waals surface area contributed by atoms with Gasteiger partial charge >= 0.3 is 0 Å². The number of aryl methyl sites for hydroxylation is 2. The van der Waals surface area contributed by atoms with E-state index in [4.69, 9.17) is 0 Å². The molecule has 2 heterocycles. The predicted molar refractivity (Wildman–Crippen MR) is 195 cm³/mol. The zero-order valence-electron chi connectivity index (χ0n) is 27.8. The molecule has 2 aliphatic rings. The molecule has 0 N–H and O–H groups in total. The summed E-state index contributed by atoms with van der Waals surface area (Å²) in [5, 5.41) is 6.38. The summed E-state index contributed by atoms with van der Waals surface area (Å²) in [4.78, 5) is 58.1. The van der Waals surface area contributed by atoms with Crippen LogP contribution in [0.2, 0.25) is 0 Å². The smallest absolute Gasteiger partial charge is 0.265 e. The predicted octanol–water partition coefficient (Wildman–Crippen LogP) is 10.0. The number of carbonyl (C=O) groups excluding carboxylic acids is 4. The molecule has 236 valence electrons. The quantitative estimate of drug-likeness (QED) is 0.108. The Balaban J connectivity index is 0.000000880. The SMILES string of the molecule is CC.CC.Cc1cccc(N2C(=O)c3ccc4c5ccc6c7c(ccc(c8ccc(c3c48)C2=O)c75)C(=O)N(c2cccc(C)c2)C6=O)c1. The summed E-state index contributed by atoms with van der Waals surface area (Å²) in [6.07, 6.45) is 0. The van der Waals surface area contributed by atoms with Gasteiger partial charge in [-0.3, -0.25) is 19.2 Å². The van der Waals surface area contributed by atoms with Crippen molar-refractivity contribution in [3.05, 3.63) is 130 Å². The minimum Gasteiger partial charge on any atom is -0.268 e. The number of anilines is 2. The summed E-state index contributed by atoms with van der Waals surface area (Å²) in [6, 6.07) is 29.6. The standard InChI is InChI=1S/C38H22N2O4.2C2H6/c1-19-5-3-7-21(17-19)39-35(41)27-13-9-23-25-11-15-29-34-30(38(44)40(37(29)43)22-8-4-6-20(2)18-22)16-12-26(32(25)34)24-10-14-28(36(39)42)33(27)31(23)24;2*1-2/h3-18H,1-2H3;2*1-2H3. The highest BCUT2D eigenvalue weighted by atomic mass is 16.2. The van der Waals surface area contributed by atoms with Crippen molar-refractivity contribution in [3.8, 4) is 0 Å². The van der Waals surface area contributed by atoms with Crippen LogP contribution in [0.15, 0.2) is 97.1 Å². The number of nitrogens with zero attached hydrogens (tertiary/aromatic N) is 2. The fourth-order valence-corrected chi connectivity index (χ4v) is 7.27. The van der Waals surface area contributed by atoms with Gasteiger partial charge < -0.3 is 0 Å². The molecule has 2 aliphatic heterocycles. The van der Waals surface area contributed by atoms with Crippen molar-refractivity contribution in [2.45, 2.75) is 41.5 Å². The van der Waals surface area contributed by atoms with Crippen molar-refractivity contribution in [1.29, 1.82) is 0 Å². The number of fused-ring (bicyclic) bond motifs is 2. The number of hydrogen-bond acceptors (Lipinski definition) is 4. The van der Waals surface area contributed by atoms with Crippen molar-refractivity contribution >= 4 is 78.1 Å². The van der Waals surface area contributed by atoms with Crippen LogP contribution in [-0.4, -0.2) is 23.6 Å². The van der Waals surface area contributed by atoms with E-state index in [0.717, 1.165) is 43.4 Å². The minimum atomic E-state index is -0.361. The lowest BCUT2D eigenvalue weighted by Crippen LogP contribution is -2.40. The molecule has 6 nitrogen and oxygen atoms in total. The van der Waals surface area contributed by atoms with Crippen LogP contribution in [0.1, 0.15) is 80.3 Å². The summed E-state index contributed by atoms with van der Waals surface area (Å²) in [7, 11) is 0. The third-order valence-electron chi connectivity index (χ3n) is 9.16. The van der Waals surface area contributed by atoms with Gasteiger partial charge in [-0.25, -0.2) is 9.80 Å². The van der Waals surface area contributed by atoms with Gasteiger partial charge in [0.15, 0.2) is 0 Å². The Bertz CT molecular complexity index is 2220. The molecular weight excluding hydrogens is 596 g/mol. The zero-order valence-corrected chi connectivity index (χ0v) is 27.8. The Kier molecular flexibility index (Phi) is 7.32. The van der Waals surface area contributed by atoms with Crippen LogP contribution in [0, 0.1) is 13.8 Å². The second kappa shape index (κ2) is 11.4. The van der Waals surface area contributed by atoms with E-state index in [2.05, 4.69) is 0 Å². The second-order valence-corrected chi connectivity index (χ2v) is 11.7. The third-order valence-corrected chi connectivity index (χ3v) is 9.16. The molecule has 0 saturated carbocycles. The normalized spacial score (nSPS) is 13.7. The molecule has 0 fully saturated rings. The number of carbonyl (C=O) groups is 4. The first-order valence-electron chi connectivity index (χ1n) is 16.4. The first-order chi connectivity index (χ1) is 23.3. The Morgan fingerprint density at radius 3 is 0.938 bits per heavy atom. The summed E-state index contributed by atoms with van der Waals surface area (Å²) in [5.41, 5.74) is 4.86. The molecule has 0 radical (unpaired) electrons. The Hall–Kier alpha value is -5.88. The fraction of sp³-hybridized carbons (Fsp3) is 0.143. The maximum atomic E-state index is 13.9. The lowest BCUT2D eigenvalue weighted by molar-refractivity contribution is 0.0877. The second-order valence-electron chi connectivity index (χ2n) is 11.7. The van der Waals surface area contributed by atoms with E-state index in [9.17, 15) is 19.2 Å². The van der Waals surface area contributed by atoms with Gasteiger partial charge in [0.25, 0.3) is 23.6 Å². The molecule has 0 aromatic heterocycles. The Morgan fingerprint density at radius 1 is 0.375 bits per heavy atom. The number of hydrogen-bond donors (Lipinski definition) is 0. The van der Waals surface area contributed by atoms with E-state index in [1.165, 1.54) is 9.80 Å². The molecule has 6 heteroatoms. The average molecular weight is 631 g/mol. The van der Waals surface area contributed by atoms with Gasteiger partial charge in [-0.1, -0.05) is 76.2 Å². The average Bonchev–Trinajstić information content (AvgIpc) is 3.11. The molecule has 0 atom stereocenters.